The molecule has 1 aromatic carbocycles. The van der Waals surface area contributed by atoms with Crippen LogP contribution in [0.3, 0.4) is 0 Å². The smallest absolute Gasteiger partial charge is 0.336 e. The average Bonchev–Trinajstić information content (AvgIpc) is 3.31. The Bertz CT molecular complexity index is 991. The van der Waals surface area contributed by atoms with Crippen molar-refractivity contribution in [3.8, 4) is 16.5 Å². The number of aryl methyl sites for hydroxylation is 2. The van der Waals surface area contributed by atoms with E-state index in [1.165, 1.54) is 0 Å². The van der Waals surface area contributed by atoms with Crippen molar-refractivity contribution in [1.29, 1.82) is 0 Å². The zero-order valence-corrected chi connectivity index (χ0v) is 18.5. The molecule has 1 atom stereocenters. The monoisotopic (exact) mass is 429 g/mol. The van der Waals surface area contributed by atoms with Crippen LogP contribution in [0.1, 0.15) is 42.8 Å². The molecule has 0 saturated heterocycles. The summed E-state index contributed by atoms with van der Waals surface area (Å²) in [6.45, 7) is 8.20. The van der Waals surface area contributed by atoms with Crippen molar-refractivity contribution < 1.29 is 23.8 Å². The molecule has 0 aliphatic carbocycles. The van der Waals surface area contributed by atoms with Gasteiger partial charge >= 0.3 is 5.97 Å². The van der Waals surface area contributed by atoms with Crippen LogP contribution < -0.4 is 4.74 Å². The fraction of sp³-hybridized carbons (Fsp3) is 0.391. The SMILES string of the molecule is CCO[C@@](CC)(Cc1ccc(OCc2nc(-c3sccc3C)oc2C)cc1)C(=O)O. The number of nitrogens with zero attached hydrogens (tertiary/aromatic N) is 1. The molecule has 2 heterocycles. The molecular weight excluding hydrogens is 402 g/mol. The predicted octanol–water partition coefficient (Wildman–Crippen LogP) is 5.41. The maximum Gasteiger partial charge on any atom is 0.336 e. The summed E-state index contributed by atoms with van der Waals surface area (Å²) in [5.41, 5.74) is 1.58. The minimum atomic E-state index is -1.20. The third-order valence-corrected chi connectivity index (χ3v) is 6.12. The van der Waals surface area contributed by atoms with Crippen LogP contribution in [0.5, 0.6) is 5.75 Å². The van der Waals surface area contributed by atoms with Gasteiger partial charge in [-0.3, -0.25) is 0 Å². The van der Waals surface area contributed by atoms with Gasteiger partial charge in [-0.2, -0.15) is 0 Å². The molecule has 160 valence electrons. The highest BCUT2D eigenvalue weighted by Gasteiger charge is 2.37. The van der Waals surface area contributed by atoms with Gasteiger partial charge in [0.05, 0.1) is 4.88 Å². The number of ether oxygens (including phenoxy) is 2. The molecule has 30 heavy (non-hydrogen) atoms. The highest BCUT2D eigenvalue weighted by molar-refractivity contribution is 7.13. The number of oxazole rings is 1. The van der Waals surface area contributed by atoms with E-state index in [0.29, 0.717) is 37.7 Å². The molecule has 0 aliphatic rings. The van der Waals surface area contributed by atoms with Gasteiger partial charge in [-0.15, -0.1) is 11.3 Å². The lowest BCUT2D eigenvalue weighted by molar-refractivity contribution is -0.166. The Morgan fingerprint density at radius 2 is 1.93 bits per heavy atom. The Labute approximate surface area is 180 Å². The number of aromatic nitrogens is 1. The lowest BCUT2D eigenvalue weighted by atomic mass is 9.91. The van der Waals surface area contributed by atoms with Gasteiger partial charge in [0.1, 0.15) is 23.8 Å². The zero-order chi connectivity index (χ0) is 21.7. The molecule has 0 fully saturated rings. The highest BCUT2D eigenvalue weighted by Crippen LogP contribution is 2.30. The molecule has 1 N–H and O–H groups in total. The Balaban J connectivity index is 1.66. The average molecular weight is 430 g/mol. The molecule has 0 aliphatic heterocycles. The van der Waals surface area contributed by atoms with E-state index >= 15 is 0 Å². The Kier molecular flexibility index (Phi) is 6.95. The summed E-state index contributed by atoms with van der Waals surface area (Å²) in [7, 11) is 0. The summed E-state index contributed by atoms with van der Waals surface area (Å²) in [5, 5.41) is 11.6. The summed E-state index contributed by atoms with van der Waals surface area (Å²) in [4.78, 5) is 17.4. The summed E-state index contributed by atoms with van der Waals surface area (Å²) in [6, 6.07) is 9.46. The summed E-state index contributed by atoms with van der Waals surface area (Å²) in [5.74, 6) is 1.10. The van der Waals surface area contributed by atoms with Crippen molar-refractivity contribution in [1.82, 2.24) is 4.98 Å². The van der Waals surface area contributed by atoms with Crippen molar-refractivity contribution in [3.05, 3.63) is 58.3 Å². The van der Waals surface area contributed by atoms with Crippen LogP contribution >= 0.6 is 11.3 Å². The lowest BCUT2D eigenvalue weighted by Crippen LogP contribution is -2.43. The molecule has 0 saturated carbocycles. The van der Waals surface area contributed by atoms with Gasteiger partial charge in [0.25, 0.3) is 0 Å². The Morgan fingerprint density at radius 1 is 1.20 bits per heavy atom. The second-order valence-corrected chi connectivity index (χ2v) is 8.07. The standard InChI is InChI=1S/C23H27NO5S/c1-5-23(22(25)26,28-6-2)13-17-7-9-18(10-8-17)27-14-19-16(4)29-21(24-19)20-15(3)11-12-30-20/h7-12H,5-6,13-14H2,1-4H3,(H,25,26)/t23-/m0/s1. The molecule has 0 radical (unpaired) electrons. The first-order chi connectivity index (χ1) is 14.4. The van der Waals surface area contributed by atoms with Crippen LogP contribution in [0.4, 0.5) is 0 Å². The fourth-order valence-electron chi connectivity index (χ4n) is 3.28. The highest BCUT2D eigenvalue weighted by atomic mass is 32.1. The van der Waals surface area contributed by atoms with E-state index in [1.807, 2.05) is 56.5 Å². The van der Waals surface area contributed by atoms with E-state index in [2.05, 4.69) is 4.98 Å². The number of benzene rings is 1. The van der Waals surface area contributed by atoms with Gasteiger partial charge in [0, 0.05) is 13.0 Å². The number of hydrogen-bond donors (Lipinski definition) is 1. The van der Waals surface area contributed by atoms with Crippen LogP contribution in [0.15, 0.2) is 40.1 Å². The second-order valence-electron chi connectivity index (χ2n) is 7.15. The molecule has 0 amide bonds. The van der Waals surface area contributed by atoms with Crippen LogP contribution in [0, 0.1) is 13.8 Å². The van der Waals surface area contributed by atoms with Gasteiger partial charge in [-0.25, -0.2) is 9.78 Å². The molecular formula is C23H27NO5S. The number of carboxylic acid groups (broad SMARTS) is 1. The summed E-state index contributed by atoms with van der Waals surface area (Å²) in [6.07, 6.45) is 0.699. The van der Waals surface area contributed by atoms with E-state index in [1.54, 1.807) is 18.3 Å². The molecule has 2 aromatic heterocycles. The van der Waals surface area contributed by atoms with Crippen molar-refractivity contribution in [2.45, 2.75) is 52.7 Å². The number of carbonyl (C=O) groups is 1. The number of hydrogen-bond acceptors (Lipinski definition) is 6. The van der Waals surface area contributed by atoms with Gasteiger partial charge < -0.3 is 19.0 Å². The van der Waals surface area contributed by atoms with Crippen LogP contribution in [0.25, 0.3) is 10.8 Å². The molecule has 3 rings (SSSR count). The maximum atomic E-state index is 11.7. The van der Waals surface area contributed by atoms with Crippen LogP contribution in [-0.4, -0.2) is 28.3 Å². The molecule has 0 bridgehead atoms. The lowest BCUT2D eigenvalue weighted by Gasteiger charge is -2.28. The van der Waals surface area contributed by atoms with E-state index in [9.17, 15) is 9.90 Å². The van der Waals surface area contributed by atoms with Gasteiger partial charge in [0.15, 0.2) is 5.60 Å². The topological polar surface area (TPSA) is 81.8 Å². The zero-order valence-electron chi connectivity index (χ0n) is 17.7. The van der Waals surface area contributed by atoms with Crippen molar-refractivity contribution in [3.63, 3.8) is 0 Å². The first-order valence-electron chi connectivity index (χ1n) is 9.98. The number of rotatable bonds is 10. The summed E-state index contributed by atoms with van der Waals surface area (Å²) < 4.78 is 17.3. The summed E-state index contributed by atoms with van der Waals surface area (Å²) >= 11 is 1.60. The minimum Gasteiger partial charge on any atom is -0.487 e. The van der Waals surface area contributed by atoms with E-state index in [4.69, 9.17) is 13.9 Å². The minimum absolute atomic E-state index is 0.298. The van der Waals surface area contributed by atoms with E-state index in [0.717, 1.165) is 27.5 Å². The normalized spacial score (nSPS) is 13.2. The third kappa shape index (κ3) is 4.74. The quantitative estimate of drug-likeness (QED) is 0.464. The Morgan fingerprint density at radius 3 is 2.50 bits per heavy atom. The number of aliphatic carboxylic acids is 1. The van der Waals surface area contributed by atoms with Crippen LogP contribution in [0.2, 0.25) is 0 Å². The fourth-order valence-corrected chi connectivity index (χ4v) is 4.13. The van der Waals surface area contributed by atoms with E-state index < -0.39 is 11.6 Å². The molecule has 3 aromatic rings. The van der Waals surface area contributed by atoms with Crippen molar-refractivity contribution >= 4 is 17.3 Å². The Hall–Kier alpha value is -2.64. The predicted molar refractivity (Wildman–Crippen MR) is 116 cm³/mol. The van der Waals surface area contributed by atoms with E-state index in [-0.39, 0.29) is 0 Å². The number of thiophene rings is 1. The first-order valence-corrected chi connectivity index (χ1v) is 10.9. The maximum absolute atomic E-state index is 11.7. The molecule has 0 spiro atoms. The van der Waals surface area contributed by atoms with Gasteiger partial charge in [0.2, 0.25) is 5.89 Å². The van der Waals surface area contributed by atoms with Gasteiger partial charge in [-0.1, -0.05) is 19.1 Å². The second kappa shape index (κ2) is 9.45. The molecule has 7 heteroatoms. The van der Waals surface area contributed by atoms with Gasteiger partial charge in [-0.05, 0) is 61.9 Å². The van der Waals surface area contributed by atoms with Crippen LogP contribution in [-0.2, 0) is 22.6 Å². The largest absolute Gasteiger partial charge is 0.487 e. The number of carboxylic acids is 1. The first kappa shape index (κ1) is 22.1. The molecule has 0 unspecified atom stereocenters. The molecule has 6 nitrogen and oxygen atoms in total. The van der Waals surface area contributed by atoms with Crippen molar-refractivity contribution in [2.75, 3.05) is 6.61 Å². The third-order valence-electron chi connectivity index (χ3n) is 5.12. The van der Waals surface area contributed by atoms with Crippen molar-refractivity contribution in [2.24, 2.45) is 0 Å².